The molecule has 2 aromatic rings. The molecular weight excluding hydrogens is 678 g/mol. The third-order valence-corrected chi connectivity index (χ3v) is 11.5. The van der Waals surface area contributed by atoms with Crippen LogP contribution in [-0.4, -0.2) is 89.8 Å². The average Bonchev–Trinajstić information content (AvgIpc) is 3.92. The Labute approximate surface area is 298 Å². The molecule has 5 atom stereocenters. The molecule has 4 aliphatic rings. The topological polar surface area (TPSA) is 182 Å². The number of sulfonamides is 1. The van der Waals surface area contributed by atoms with Gasteiger partial charge < -0.3 is 29.7 Å². The van der Waals surface area contributed by atoms with E-state index in [0.29, 0.717) is 30.7 Å². The van der Waals surface area contributed by atoms with Gasteiger partial charge in [0.05, 0.1) is 18.4 Å². The number of fused-ring (bicyclic) bond motifs is 3. The van der Waals surface area contributed by atoms with Gasteiger partial charge >= 0.3 is 6.09 Å². The summed E-state index contributed by atoms with van der Waals surface area (Å²) in [4.78, 5) is 60.9. The maximum atomic E-state index is 14.5. The molecule has 1 aromatic carbocycles. The zero-order chi connectivity index (χ0) is 37.1. The molecule has 6 rings (SSSR count). The van der Waals surface area contributed by atoms with Crippen LogP contribution in [0.1, 0.15) is 72.8 Å². The lowest BCUT2D eigenvalue weighted by Gasteiger charge is -2.36. The van der Waals surface area contributed by atoms with Gasteiger partial charge in [0.15, 0.2) is 0 Å². The first-order chi connectivity index (χ1) is 23.8. The highest BCUT2D eigenvalue weighted by molar-refractivity contribution is 7.91. The average molecular weight is 726 g/mol. The summed E-state index contributed by atoms with van der Waals surface area (Å²) in [5, 5.41) is 6.40. The predicted octanol–water partition coefficient (Wildman–Crippen LogP) is 3.13. The minimum absolute atomic E-state index is 0.0250. The summed E-state index contributed by atoms with van der Waals surface area (Å²) >= 11 is 0. The Morgan fingerprint density at radius 1 is 1.10 bits per heavy atom. The number of nitrogens with zero attached hydrogens (tertiary/aromatic N) is 2. The first kappa shape index (κ1) is 36.4. The molecule has 2 aliphatic heterocycles. The number of alkyl carbamates (subject to hydrolysis) is 1. The molecule has 0 unspecified atom stereocenters. The number of nitrogens with one attached hydrogen (secondary N) is 3. The van der Waals surface area contributed by atoms with E-state index in [2.05, 4.69) is 26.9 Å². The van der Waals surface area contributed by atoms with Gasteiger partial charge in [-0.25, -0.2) is 18.2 Å². The van der Waals surface area contributed by atoms with E-state index in [1.54, 1.807) is 47.7 Å². The first-order valence-corrected chi connectivity index (χ1v) is 18.9. The van der Waals surface area contributed by atoms with Crippen LogP contribution in [0.5, 0.6) is 11.6 Å². The van der Waals surface area contributed by atoms with Gasteiger partial charge in [0, 0.05) is 35.7 Å². The Hall–Kier alpha value is -4.40. The number of pyridine rings is 1. The van der Waals surface area contributed by atoms with Crippen molar-refractivity contribution in [1.82, 2.24) is 25.2 Å². The van der Waals surface area contributed by atoms with Crippen LogP contribution in [0.4, 0.5) is 4.79 Å². The number of aromatic nitrogens is 1. The van der Waals surface area contributed by atoms with Crippen LogP contribution < -0.4 is 24.8 Å². The summed E-state index contributed by atoms with van der Waals surface area (Å²) in [5.41, 5.74) is -2.10. The molecule has 2 aliphatic carbocycles. The number of carbonyl (C=O) groups is 4. The standard InChI is InChI=1S/C36H47N5O9S/c1-8-21-18-36(21,32(44)40-51(46,47)23-10-11-23)39-29(42)26-17-22(49-30-25-12-9-20-14-16-48-27(20)24(25)13-15-37-30)19-41(26)31(43)28(34(2,3)4)38-33(45)50-35(5,6)7/h8-9,12-13,15,21-23,26,28H,1,10-11,14,16-19H2,2-7H3,(H,38,45)(H,39,42)(H,40,44)/t21-,22-,26+,28-,36-/m1/s1. The van der Waals surface area contributed by atoms with E-state index in [-0.39, 0.29) is 19.4 Å². The van der Waals surface area contributed by atoms with Crippen LogP contribution in [0.25, 0.3) is 10.8 Å². The highest BCUT2D eigenvalue weighted by atomic mass is 32.2. The predicted molar refractivity (Wildman–Crippen MR) is 187 cm³/mol. The molecule has 14 nitrogen and oxygen atoms in total. The van der Waals surface area contributed by atoms with Gasteiger partial charge in [-0.05, 0) is 63.1 Å². The quantitative estimate of drug-likeness (QED) is 0.308. The molecule has 0 spiro atoms. The minimum atomic E-state index is -3.90. The Balaban J connectivity index is 1.29. The lowest BCUT2D eigenvalue weighted by Crippen LogP contribution is -2.60. The molecule has 3 heterocycles. The molecule has 51 heavy (non-hydrogen) atoms. The van der Waals surface area contributed by atoms with Crippen LogP contribution in [0.15, 0.2) is 37.1 Å². The molecule has 276 valence electrons. The zero-order valence-corrected chi connectivity index (χ0v) is 30.7. The lowest BCUT2D eigenvalue weighted by atomic mass is 9.85. The van der Waals surface area contributed by atoms with Gasteiger partial charge in [0.1, 0.15) is 35.1 Å². The maximum absolute atomic E-state index is 14.5. The molecule has 3 N–H and O–H groups in total. The summed E-state index contributed by atoms with van der Waals surface area (Å²) in [6.45, 7) is 14.8. The van der Waals surface area contributed by atoms with Crippen LogP contribution in [-0.2, 0) is 35.6 Å². The molecule has 1 aromatic heterocycles. The van der Waals surface area contributed by atoms with Crippen molar-refractivity contribution in [2.24, 2.45) is 11.3 Å². The second-order valence-corrected chi connectivity index (χ2v) is 17.9. The number of ether oxygens (including phenoxy) is 3. The Morgan fingerprint density at radius 3 is 2.45 bits per heavy atom. The highest BCUT2D eigenvalue weighted by Gasteiger charge is 2.62. The van der Waals surface area contributed by atoms with E-state index in [4.69, 9.17) is 14.2 Å². The van der Waals surface area contributed by atoms with Crippen molar-refractivity contribution < 1.29 is 41.8 Å². The first-order valence-electron chi connectivity index (χ1n) is 17.3. The molecule has 15 heteroatoms. The zero-order valence-electron chi connectivity index (χ0n) is 29.9. The SMILES string of the molecule is C=C[C@@H]1C[C@]1(NC(=O)[C@@H]1C[C@@H](Oc2nccc3c4c(ccc23)CCO4)CN1C(=O)[C@@H](NC(=O)OC(C)(C)C)C(C)(C)C)C(=O)NS(=O)(=O)C1CC1. The normalized spacial score (nSPS) is 24.9. The van der Waals surface area contributed by atoms with Gasteiger partial charge in [0.25, 0.3) is 5.91 Å². The van der Waals surface area contributed by atoms with E-state index in [1.165, 1.54) is 11.0 Å². The third-order valence-electron chi connectivity index (χ3n) is 9.71. The summed E-state index contributed by atoms with van der Waals surface area (Å²) in [6.07, 6.45) is 3.49. The van der Waals surface area contributed by atoms with E-state index >= 15 is 0 Å². The van der Waals surface area contributed by atoms with Gasteiger partial charge in [-0.1, -0.05) is 32.9 Å². The number of likely N-dealkylation sites (tertiary alicyclic amines) is 1. The molecule has 1 saturated heterocycles. The molecule has 0 radical (unpaired) electrons. The summed E-state index contributed by atoms with van der Waals surface area (Å²) in [5.74, 6) is -1.51. The second kappa shape index (κ2) is 13.0. The number of hydrogen-bond acceptors (Lipinski definition) is 10. The van der Waals surface area contributed by atoms with Crippen LogP contribution in [0.3, 0.4) is 0 Å². The maximum Gasteiger partial charge on any atom is 0.408 e. The fourth-order valence-electron chi connectivity index (χ4n) is 6.76. The molecule has 3 fully saturated rings. The van der Waals surface area contributed by atoms with Gasteiger partial charge in [0.2, 0.25) is 27.7 Å². The summed E-state index contributed by atoms with van der Waals surface area (Å²) in [7, 11) is -3.90. The van der Waals surface area contributed by atoms with Crippen molar-refractivity contribution in [3.8, 4) is 11.6 Å². The second-order valence-electron chi connectivity index (χ2n) is 16.0. The van der Waals surface area contributed by atoms with Gasteiger partial charge in [-0.3, -0.25) is 19.1 Å². The summed E-state index contributed by atoms with van der Waals surface area (Å²) in [6, 6.07) is 3.47. The molecule has 0 bridgehead atoms. The Kier molecular flexibility index (Phi) is 9.26. The van der Waals surface area contributed by atoms with E-state index < -0.39 is 79.7 Å². The number of carbonyl (C=O) groups excluding carboxylic acids is 4. The monoisotopic (exact) mass is 725 g/mol. The summed E-state index contributed by atoms with van der Waals surface area (Å²) < 4.78 is 45.3. The molecule has 2 saturated carbocycles. The number of amides is 4. The Bertz CT molecular complexity index is 1880. The third kappa shape index (κ3) is 7.49. The van der Waals surface area contributed by atoms with Crippen molar-refractivity contribution in [2.45, 2.75) is 108 Å². The fraction of sp³-hybridized carbons (Fsp3) is 0.583. The van der Waals surface area contributed by atoms with E-state index in [1.807, 2.05) is 18.2 Å². The smallest absolute Gasteiger partial charge is 0.408 e. The van der Waals surface area contributed by atoms with E-state index in [0.717, 1.165) is 23.1 Å². The van der Waals surface area contributed by atoms with Crippen LogP contribution in [0, 0.1) is 11.3 Å². The number of rotatable bonds is 10. The molecular formula is C36H47N5O9S. The molecule has 4 amide bonds. The van der Waals surface area contributed by atoms with Crippen LogP contribution >= 0.6 is 0 Å². The fourth-order valence-corrected chi connectivity index (χ4v) is 8.13. The largest absolute Gasteiger partial charge is 0.492 e. The van der Waals surface area contributed by atoms with E-state index in [9.17, 15) is 27.6 Å². The highest BCUT2D eigenvalue weighted by Crippen LogP contribution is 2.46. The van der Waals surface area contributed by atoms with Gasteiger partial charge in [-0.2, -0.15) is 0 Å². The number of hydrogen-bond donors (Lipinski definition) is 3. The van der Waals surface area contributed by atoms with Crippen molar-refractivity contribution in [3.63, 3.8) is 0 Å². The van der Waals surface area contributed by atoms with Crippen LogP contribution in [0.2, 0.25) is 0 Å². The lowest BCUT2D eigenvalue weighted by molar-refractivity contribution is -0.143. The van der Waals surface area contributed by atoms with Gasteiger partial charge in [-0.15, -0.1) is 6.58 Å². The van der Waals surface area contributed by atoms with Crippen molar-refractivity contribution >= 4 is 44.6 Å². The Morgan fingerprint density at radius 2 is 1.82 bits per heavy atom. The number of benzene rings is 1. The minimum Gasteiger partial charge on any atom is -0.492 e. The van der Waals surface area contributed by atoms with Crippen molar-refractivity contribution in [3.05, 3.63) is 42.6 Å². The van der Waals surface area contributed by atoms with Crippen molar-refractivity contribution in [2.75, 3.05) is 13.2 Å². The van der Waals surface area contributed by atoms with Crippen molar-refractivity contribution in [1.29, 1.82) is 0 Å².